The van der Waals surface area contributed by atoms with Crippen molar-refractivity contribution >= 4 is 28.8 Å². The molecule has 3 N–H and O–H groups in total. The van der Waals surface area contributed by atoms with Crippen molar-refractivity contribution in [3.63, 3.8) is 0 Å². The lowest BCUT2D eigenvalue weighted by Crippen LogP contribution is -2.51. The first-order valence-corrected chi connectivity index (χ1v) is 11.6. The number of amides is 2. The molecule has 1 saturated carbocycles. The maximum Gasteiger partial charge on any atom is 0.265 e. The van der Waals surface area contributed by atoms with Crippen LogP contribution in [0.2, 0.25) is 0 Å². The first-order valence-electron chi connectivity index (χ1n) is 10.8. The largest absolute Gasteiger partial charge is 0.330 e. The lowest BCUT2D eigenvalue weighted by Gasteiger charge is -2.38. The van der Waals surface area contributed by atoms with Gasteiger partial charge in [-0.3, -0.25) is 9.59 Å². The van der Waals surface area contributed by atoms with Crippen LogP contribution in [0.4, 0.5) is 10.1 Å². The van der Waals surface area contributed by atoms with Gasteiger partial charge in [0.2, 0.25) is 0 Å². The van der Waals surface area contributed by atoms with Crippen molar-refractivity contribution in [1.29, 1.82) is 0 Å². The average Bonchev–Trinajstić information content (AvgIpc) is 3.33. The molecule has 0 aliphatic heterocycles. The Labute approximate surface area is 191 Å². The molecule has 4 rings (SSSR count). The summed E-state index contributed by atoms with van der Waals surface area (Å²) in [6.07, 6.45) is 3.72. The van der Waals surface area contributed by atoms with Crippen LogP contribution >= 0.6 is 11.3 Å². The van der Waals surface area contributed by atoms with E-state index in [0.717, 1.165) is 31.2 Å². The third-order valence-corrected chi connectivity index (χ3v) is 6.67. The second-order valence-electron chi connectivity index (χ2n) is 8.09. The highest BCUT2D eigenvalue weighted by molar-refractivity contribution is 7.12. The Hall–Kier alpha value is -3.03. The summed E-state index contributed by atoms with van der Waals surface area (Å²) in [5.41, 5.74) is 8.25. The molecule has 1 aliphatic rings. The number of carbonyl (C=O) groups excluding carboxylic acids is 2. The van der Waals surface area contributed by atoms with E-state index in [1.165, 1.54) is 23.5 Å². The summed E-state index contributed by atoms with van der Waals surface area (Å²) in [7, 11) is 0. The summed E-state index contributed by atoms with van der Waals surface area (Å²) >= 11 is 1.38. The lowest BCUT2D eigenvalue weighted by molar-refractivity contribution is 0.0583. The highest BCUT2D eigenvalue weighted by Crippen LogP contribution is 2.26. The minimum Gasteiger partial charge on any atom is -0.330 e. The van der Waals surface area contributed by atoms with Gasteiger partial charge in [-0.05, 0) is 60.2 Å². The standard InChI is InChI=1S/C25H26FN3O2S/c26-19-8-4-7-18(15-19)25(31)29(22-11-2-1-10-21(22)27)16-17-6-3-9-20(14-17)28-24(30)23-12-5-13-32-23/h3-9,12-15,21-22H,1-2,10-11,16,27H2,(H,28,30). The molecule has 166 valence electrons. The fraction of sp³-hybridized carbons (Fsp3) is 0.280. The quantitative estimate of drug-likeness (QED) is 0.551. The second kappa shape index (κ2) is 10.1. The molecule has 1 fully saturated rings. The number of nitrogens with zero attached hydrogens (tertiary/aromatic N) is 1. The minimum atomic E-state index is -0.443. The molecule has 0 bridgehead atoms. The van der Waals surface area contributed by atoms with E-state index in [2.05, 4.69) is 5.32 Å². The number of anilines is 1. The van der Waals surface area contributed by atoms with E-state index in [1.807, 2.05) is 35.7 Å². The Morgan fingerprint density at radius 2 is 1.88 bits per heavy atom. The van der Waals surface area contributed by atoms with E-state index in [-0.39, 0.29) is 23.9 Å². The van der Waals surface area contributed by atoms with Gasteiger partial charge in [0.15, 0.2) is 0 Å². The number of carbonyl (C=O) groups is 2. The molecule has 1 aromatic heterocycles. The van der Waals surface area contributed by atoms with Crippen molar-refractivity contribution in [1.82, 2.24) is 4.90 Å². The number of nitrogens with one attached hydrogen (secondary N) is 1. The zero-order valence-electron chi connectivity index (χ0n) is 17.7. The normalized spacial score (nSPS) is 18.2. The van der Waals surface area contributed by atoms with Gasteiger partial charge in [-0.15, -0.1) is 11.3 Å². The highest BCUT2D eigenvalue weighted by atomic mass is 32.1. The summed E-state index contributed by atoms with van der Waals surface area (Å²) < 4.78 is 13.8. The lowest BCUT2D eigenvalue weighted by atomic mass is 9.89. The van der Waals surface area contributed by atoms with E-state index >= 15 is 0 Å². The Bertz CT molecular complexity index is 1090. The van der Waals surface area contributed by atoms with Gasteiger partial charge in [-0.1, -0.05) is 37.1 Å². The van der Waals surface area contributed by atoms with E-state index in [0.29, 0.717) is 22.7 Å². The Kier molecular flexibility index (Phi) is 6.97. The minimum absolute atomic E-state index is 0.121. The number of hydrogen-bond acceptors (Lipinski definition) is 4. The summed E-state index contributed by atoms with van der Waals surface area (Å²) in [5, 5.41) is 4.76. The zero-order chi connectivity index (χ0) is 22.5. The maximum atomic E-state index is 13.8. The molecule has 2 unspecified atom stereocenters. The molecule has 7 heteroatoms. The van der Waals surface area contributed by atoms with Crippen LogP contribution < -0.4 is 11.1 Å². The van der Waals surface area contributed by atoms with Crippen molar-refractivity contribution in [2.75, 3.05) is 5.32 Å². The van der Waals surface area contributed by atoms with Crippen molar-refractivity contribution in [3.8, 4) is 0 Å². The van der Waals surface area contributed by atoms with E-state index < -0.39 is 5.82 Å². The van der Waals surface area contributed by atoms with Crippen molar-refractivity contribution < 1.29 is 14.0 Å². The van der Waals surface area contributed by atoms with E-state index in [9.17, 15) is 14.0 Å². The number of thiophene rings is 1. The van der Waals surface area contributed by atoms with Gasteiger partial charge in [0, 0.05) is 29.9 Å². The monoisotopic (exact) mass is 451 g/mol. The molecule has 0 radical (unpaired) electrons. The van der Waals surface area contributed by atoms with Crippen molar-refractivity contribution in [2.45, 2.75) is 44.3 Å². The smallest absolute Gasteiger partial charge is 0.265 e. The first kappa shape index (κ1) is 22.2. The fourth-order valence-corrected chi connectivity index (χ4v) is 4.82. The number of rotatable bonds is 6. The number of halogens is 1. The summed E-state index contributed by atoms with van der Waals surface area (Å²) in [4.78, 5) is 28.2. The highest BCUT2D eigenvalue weighted by Gasteiger charge is 2.31. The Morgan fingerprint density at radius 3 is 2.62 bits per heavy atom. The molecule has 1 heterocycles. The predicted octanol–water partition coefficient (Wildman–Crippen LogP) is 5.05. The van der Waals surface area contributed by atoms with Crippen LogP contribution in [0.1, 0.15) is 51.3 Å². The summed E-state index contributed by atoms with van der Waals surface area (Å²) in [5.74, 6) is -0.846. The molecule has 0 saturated heterocycles. The number of hydrogen-bond donors (Lipinski definition) is 2. The van der Waals surface area contributed by atoms with Crippen LogP contribution in [0.15, 0.2) is 66.0 Å². The van der Waals surface area contributed by atoms with Crippen LogP contribution in [0.25, 0.3) is 0 Å². The number of nitrogens with two attached hydrogens (primary N) is 1. The van der Waals surface area contributed by atoms with Crippen LogP contribution in [-0.4, -0.2) is 28.8 Å². The Morgan fingerprint density at radius 1 is 1.06 bits per heavy atom. The van der Waals surface area contributed by atoms with E-state index in [4.69, 9.17) is 5.73 Å². The van der Waals surface area contributed by atoms with E-state index in [1.54, 1.807) is 23.1 Å². The molecule has 1 aliphatic carbocycles. The number of benzene rings is 2. The van der Waals surface area contributed by atoms with Crippen LogP contribution in [0.3, 0.4) is 0 Å². The van der Waals surface area contributed by atoms with Crippen LogP contribution in [0, 0.1) is 5.82 Å². The SMILES string of the molecule is NC1CCCCC1N(Cc1cccc(NC(=O)c2cccs2)c1)C(=O)c1cccc(F)c1. The van der Waals surface area contributed by atoms with Crippen LogP contribution in [-0.2, 0) is 6.54 Å². The molecule has 2 aromatic carbocycles. The Balaban J connectivity index is 1.58. The fourth-order valence-electron chi connectivity index (χ4n) is 4.20. The van der Waals surface area contributed by atoms with Gasteiger partial charge in [-0.25, -0.2) is 4.39 Å². The molecule has 2 atom stereocenters. The maximum absolute atomic E-state index is 13.8. The third kappa shape index (κ3) is 5.23. The van der Waals surface area contributed by atoms with Gasteiger partial charge >= 0.3 is 0 Å². The van der Waals surface area contributed by atoms with Crippen molar-refractivity contribution in [2.24, 2.45) is 5.73 Å². The average molecular weight is 452 g/mol. The molecular formula is C25H26FN3O2S. The molecule has 0 spiro atoms. The third-order valence-electron chi connectivity index (χ3n) is 5.80. The second-order valence-corrected chi connectivity index (χ2v) is 9.04. The van der Waals surface area contributed by atoms with Gasteiger partial charge in [0.05, 0.1) is 4.88 Å². The molecule has 5 nitrogen and oxygen atoms in total. The van der Waals surface area contributed by atoms with Gasteiger partial charge in [0.25, 0.3) is 11.8 Å². The zero-order valence-corrected chi connectivity index (χ0v) is 18.5. The topological polar surface area (TPSA) is 75.4 Å². The molecule has 2 amide bonds. The molecule has 32 heavy (non-hydrogen) atoms. The van der Waals surface area contributed by atoms with Crippen LogP contribution in [0.5, 0.6) is 0 Å². The first-order chi connectivity index (χ1) is 15.5. The van der Waals surface area contributed by atoms with Gasteiger partial charge in [-0.2, -0.15) is 0 Å². The summed E-state index contributed by atoms with van der Waals surface area (Å²) in [6, 6.07) is 16.6. The molecule has 3 aromatic rings. The van der Waals surface area contributed by atoms with Crippen molar-refractivity contribution in [3.05, 3.63) is 87.9 Å². The van der Waals surface area contributed by atoms with Gasteiger partial charge in [0.1, 0.15) is 5.82 Å². The molecular weight excluding hydrogens is 425 g/mol. The van der Waals surface area contributed by atoms with Gasteiger partial charge < -0.3 is 16.0 Å². The summed E-state index contributed by atoms with van der Waals surface area (Å²) in [6.45, 7) is 0.330. The predicted molar refractivity (Wildman–Crippen MR) is 125 cm³/mol.